The molecule has 0 fully saturated rings. The van der Waals surface area contributed by atoms with Crippen molar-refractivity contribution in [2.24, 2.45) is 0 Å². The molecule has 0 bridgehead atoms. The lowest BCUT2D eigenvalue weighted by Gasteiger charge is -2.40. The molecule has 2 rings (SSSR count). The topological polar surface area (TPSA) is 0 Å². The average molecular weight is 380 g/mol. The second-order valence-electron chi connectivity index (χ2n) is 7.22. The molecule has 1 aromatic carbocycles. The third-order valence-corrected chi connectivity index (χ3v) is 6.50. The van der Waals surface area contributed by atoms with Gasteiger partial charge >= 0.3 is 0 Å². The van der Waals surface area contributed by atoms with Gasteiger partial charge in [0.2, 0.25) is 0 Å². The Kier molecular flexibility index (Phi) is 4.21. The third kappa shape index (κ3) is 2.74. The Morgan fingerprint density at radius 2 is 1.70 bits per heavy atom. The predicted octanol–water partition coefficient (Wildman–Crippen LogP) is 5.95. The Bertz CT molecular complexity index is 572. The van der Waals surface area contributed by atoms with Gasteiger partial charge in [-0.15, -0.1) is 0 Å². The van der Waals surface area contributed by atoms with Crippen molar-refractivity contribution in [2.75, 3.05) is 0 Å². The Hall–Kier alpha value is -0.570. The van der Waals surface area contributed by atoms with Gasteiger partial charge in [0.15, 0.2) is 0 Å². The summed E-state index contributed by atoms with van der Waals surface area (Å²) >= 11 is 2.61. The summed E-state index contributed by atoms with van der Waals surface area (Å²) in [5.41, 5.74) is 6.03. The first kappa shape index (κ1) is 15.8. The van der Waals surface area contributed by atoms with Crippen LogP contribution in [0.4, 0.5) is 0 Å². The predicted molar refractivity (Wildman–Crippen MR) is 97.8 cm³/mol. The molecule has 1 heteroatoms. The van der Waals surface area contributed by atoms with Gasteiger partial charge in [-0.05, 0) is 30.4 Å². The van der Waals surface area contributed by atoms with E-state index in [9.17, 15) is 0 Å². The van der Waals surface area contributed by atoms with Gasteiger partial charge in [-0.25, -0.2) is 0 Å². The fourth-order valence-electron chi connectivity index (χ4n) is 3.31. The lowest BCUT2D eigenvalue weighted by Crippen LogP contribution is -2.36. The first-order valence-corrected chi connectivity index (χ1v) is 8.52. The van der Waals surface area contributed by atoms with Crippen molar-refractivity contribution in [1.82, 2.24) is 0 Å². The molecule has 20 heavy (non-hydrogen) atoms. The zero-order chi connectivity index (χ0) is 15.1. The molecular formula is C19H25I. The highest BCUT2D eigenvalue weighted by molar-refractivity contribution is 14.1. The zero-order valence-corrected chi connectivity index (χ0v) is 15.6. The standard InChI is InChI=1S/C19H25I/c1-13-11-14(2)17(20)19(6,12-13)16-10-8-7-9-15(16)18(3,4)5/h7-12,17H,1-6H3. The van der Waals surface area contributed by atoms with E-state index in [2.05, 4.69) is 101 Å². The molecule has 0 amide bonds. The number of hydrogen-bond donors (Lipinski definition) is 0. The molecule has 1 aliphatic rings. The van der Waals surface area contributed by atoms with Crippen molar-refractivity contribution in [3.63, 3.8) is 0 Å². The molecular weight excluding hydrogens is 355 g/mol. The summed E-state index contributed by atoms with van der Waals surface area (Å²) in [4.78, 5) is 0. The van der Waals surface area contributed by atoms with Crippen LogP contribution in [0.15, 0.2) is 47.6 Å². The van der Waals surface area contributed by atoms with Gasteiger partial charge in [-0.2, -0.15) is 0 Å². The highest BCUT2D eigenvalue weighted by Gasteiger charge is 2.38. The monoisotopic (exact) mass is 380 g/mol. The zero-order valence-electron chi connectivity index (χ0n) is 13.4. The van der Waals surface area contributed by atoms with Gasteiger partial charge in [0.05, 0.1) is 0 Å². The normalized spacial score (nSPS) is 27.1. The van der Waals surface area contributed by atoms with Gasteiger partial charge in [-0.1, -0.05) is 97.8 Å². The second-order valence-corrected chi connectivity index (χ2v) is 8.46. The van der Waals surface area contributed by atoms with Crippen LogP contribution in [-0.4, -0.2) is 3.92 Å². The lowest BCUT2D eigenvalue weighted by molar-refractivity contribution is 0.539. The summed E-state index contributed by atoms with van der Waals surface area (Å²) in [6.07, 6.45) is 4.76. The molecule has 0 spiro atoms. The summed E-state index contributed by atoms with van der Waals surface area (Å²) in [7, 11) is 0. The van der Waals surface area contributed by atoms with Crippen LogP contribution in [0.2, 0.25) is 0 Å². The fraction of sp³-hybridized carbons (Fsp3) is 0.474. The Labute approximate surface area is 137 Å². The third-order valence-electron chi connectivity index (χ3n) is 4.22. The quantitative estimate of drug-likeness (QED) is 0.417. The number of allylic oxidation sites excluding steroid dienone is 4. The molecule has 2 atom stereocenters. The van der Waals surface area contributed by atoms with E-state index in [0.717, 1.165) is 0 Å². The molecule has 0 aliphatic heterocycles. The molecule has 0 saturated heterocycles. The van der Waals surface area contributed by atoms with Crippen LogP contribution in [0.3, 0.4) is 0 Å². The van der Waals surface area contributed by atoms with Gasteiger partial charge in [0.25, 0.3) is 0 Å². The number of hydrogen-bond acceptors (Lipinski definition) is 0. The Morgan fingerprint density at radius 3 is 2.30 bits per heavy atom. The van der Waals surface area contributed by atoms with Crippen LogP contribution in [-0.2, 0) is 10.8 Å². The van der Waals surface area contributed by atoms with Gasteiger partial charge in [0, 0.05) is 9.34 Å². The molecule has 0 radical (unpaired) electrons. The maximum Gasteiger partial charge on any atom is 0.0448 e. The summed E-state index contributed by atoms with van der Waals surface area (Å²) < 4.78 is 0.507. The molecule has 1 aliphatic carbocycles. The molecule has 0 heterocycles. The minimum absolute atomic E-state index is 0.0767. The molecule has 108 valence electrons. The number of rotatable bonds is 1. The smallest absolute Gasteiger partial charge is 0.0448 e. The molecule has 2 unspecified atom stereocenters. The first-order valence-electron chi connectivity index (χ1n) is 7.28. The van der Waals surface area contributed by atoms with E-state index in [4.69, 9.17) is 0 Å². The van der Waals surface area contributed by atoms with Crippen molar-refractivity contribution in [3.05, 3.63) is 58.7 Å². The van der Waals surface area contributed by atoms with Gasteiger partial charge in [-0.3, -0.25) is 0 Å². The summed E-state index contributed by atoms with van der Waals surface area (Å²) in [5.74, 6) is 0. The van der Waals surface area contributed by atoms with Crippen molar-refractivity contribution in [1.29, 1.82) is 0 Å². The van der Waals surface area contributed by atoms with Crippen molar-refractivity contribution >= 4 is 22.6 Å². The Morgan fingerprint density at radius 1 is 1.10 bits per heavy atom. The largest absolute Gasteiger partial charge is 0.0765 e. The van der Waals surface area contributed by atoms with Gasteiger partial charge in [0.1, 0.15) is 0 Å². The molecule has 0 aromatic heterocycles. The molecule has 0 nitrogen and oxygen atoms in total. The molecule has 0 N–H and O–H groups in total. The molecule has 0 saturated carbocycles. The number of alkyl halides is 1. The Balaban J connectivity index is 2.65. The fourth-order valence-corrected chi connectivity index (χ4v) is 4.01. The van der Waals surface area contributed by atoms with Crippen molar-refractivity contribution in [2.45, 2.75) is 56.3 Å². The summed E-state index contributed by atoms with van der Waals surface area (Å²) in [6, 6.07) is 8.95. The second kappa shape index (κ2) is 5.32. The van der Waals surface area contributed by atoms with E-state index in [1.54, 1.807) is 0 Å². The number of halogens is 1. The highest BCUT2D eigenvalue weighted by atomic mass is 127. The lowest BCUT2D eigenvalue weighted by atomic mass is 9.68. The van der Waals surface area contributed by atoms with E-state index in [1.165, 1.54) is 22.3 Å². The van der Waals surface area contributed by atoms with E-state index >= 15 is 0 Å². The number of benzene rings is 1. The van der Waals surface area contributed by atoms with E-state index in [0.29, 0.717) is 3.92 Å². The van der Waals surface area contributed by atoms with E-state index < -0.39 is 0 Å². The molecule has 1 aromatic rings. The average Bonchev–Trinajstić information content (AvgIpc) is 2.35. The maximum absolute atomic E-state index is 2.61. The van der Waals surface area contributed by atoms with Crippen LogP contribution >= 0.6 is 22.6 Å². The van der Waals surface area contributed by atoms with Crippen molar-refractivity contribution in [3.8, 4) is 0 Å². The highest BCUT2D eigenvalue weighted by Crippen LogP contribution is 2.45. The van der Waals surface area contributed by atoms with Crippen LogP contribution in [0.1, 0.15) is 52.7 Å². The minimum atomic E-state index is 0.0767. The van der Waals surface area contributed by atoms with Crippen LogP contribution < -0.4 is 0 Å². The van der Waals surface area contributed by atoms with Crippen LogP contribution in [0, 0.1) is 0 Å². The summed E-state index contributed by atoms with van der Waals surface area (Å²) in [5, 5.41) is 0. The minimum Gasteiger partial charge on any atom is -0.0765 e. The van der Waals surface area contributed by atoms with Gasteiger partial charge < -0.3 is 0 Å². The SMILES string of the molecule is CC1=CC(C)(c2ccccc2C(C)(C)C)C(I)C(C)=C1. The van der Waals surface area contributed by atoms with Crippen LogP contribution in [0.5, 0.6) is 0 Å². The van der Waals surface area contributed by atoms with E-state index in [1.807, 2.05) is 0 Å². The first-order chi connectivity index (χ1) is 9.16. The maximum atomic E-state index is 2.61. The van der Waals surface area contributed by atoms with E-state index in [-0.39, 0.29) is 10.8 Å². The van der Waals surface area contributed by atoms with Crippen molar-refractivity contribution < 1.29 is 0 Å². The van der Waals surface area contributed by atoms with Crippen LogP contribution in [0.25, 0.3) is 0 Å². The summed E-state index contributed by atoms with van der Waals surface area (Å²) in [6.45, 7) is 13.8.